The first kappa shape index (κ1) is 12.3. The van der Waals surface area contributed by atoms with Gasteiger partial charge in [0.15, 0.2) is 0 Å². The Morgan fingerprint density at radius 1 is 1.53 bits per heavy atom. The quantitative estimate of drug-likeness (QED) is 0.917. The summed E-state index contributed by atoms with van der Waals surface area (Å²) in [5.41, 5.74) is 2.10. The number of aromatic nitrogens is 1. The Hall–Kier alpha value is -1.20. The summed E-state index contributed by atoms with van der Waals surface area (Å²) >= 11 is 3.26. The second-order valence-corrected chi connectivity index (χ2v) is 5.78. The minimum absolute atomic E-state index is 0.0298. The zero-order valence-electron chi connectivity index (χ0n) is 9.64. The van der Waals surface area contributed by atoms with Crippen LogP contribution in [0.2, 0.25) is 0 Å². The minimum atomic E-state index is -0.778. The van der Waals surface area contributed by atoms with Crippen molar-refractivity contribution in [2.24, 2.45) is 0 Å². The Morgan fingerprint density at radius 2 is 2.29 bits per heavy atom. The van der Waals surface area contributed by atoms with Crippen LogP contribution in [0.4, 0.5) is 0 Å². The van der Waals surface area contributed by atoms with Crippen LogP contribution in [0.3, 0.4) is 0 Å². The summed E-state index contributed by atoms with van der Waals surface area (Å²) in [7, 11) is 0. The van der Waals surface area contributed by atoms with Crippen molar-refractivity contribution in [1.29, 1.82) is 0 Å². The molecule has 0 aromatic carbocycles. The molecule has 90 valence electrons. The number of aryl methyl sites for hydroxylation is 1. The third-order valence-corrected chi connectivity index (χ3v) is 4.59. The highest BCUT2D eigenvalue weighted by Crippen LogP contribution is 2.33. The molecule has 1 N–H and O–H groups in total. The SMILES string of the molecule is Cc1ccsc1-c1nc(C(C)CC(=O)O)cs1. The number of thiazole rings is 1. The number of carboxylic acids is 1. The van der Waals surface area contributed by atoms with Gasteiger partial charge in [0.1, 0.15) is 5.01 Å². The van der Waals surface area contributed by atoms with Gasteiger partial charge in [0.2, 0.25) is 0 Å². The predicted octanol–water partition coefficient (Wildman–Crippen LogP) is 3.76. The Morgan fingerprint density at radius 3 is 2.88 bits per heavy atom. The van der Waals surface area contributed by atoms with Crippen LogP contribution in [0.5, 0.6) is 0 Å². The van der Waals surface area contributed by atoms with Crippen molar-refractivity contribution in [1.82, 2.24) is 4.98 Å². The third kappa shape index (κ3) is 2.73. The molecule has 2 aromatic heterocycles. The lowest BCUT2D eigenvalue weighted by molar-refractivity contribution is -0.137. The van der Waals surface area contributed by atoms with Gasteiger partial charge in [0.25, 0.3) is 0 Å². The summed E-state index contributed by atoms with van der Waals surface area (Å²) in [4.78, 5) is 16.4. The monoisotopic (exact) mass is 267 g/mol. The Kier molecular flexibility index (Phi) is 3.59. The first-order chi connectivity index (χ1) is 8.08. The van der Waals surface area contributed by atoms with E-state index in [9.17, 15) is 4.79 Å². The molecule has 1 atom stereocenters. The lowest BCUT2D eigenvalue weighted by Gasteiger charge is -2.03. The van der Waals surface area contributed by atoms with E-state index in [2.05, 4.69) is 18.0 Å². The highest BCUT2D eigenvalue weighted by molar-refractivity contribution is 7.20. The molecule has 0 aliphatic heterocycles. The maximum absolute atomic E-state index is 10.7. The van der Waals surface area contributed by atoms with E-state index in [1.807, 2.05) is 17.7 Å². The summed E-state index contributed by atoms with van der Waals surface area (Å²) in [6.45, 7) is 3.96. The van der Waals surface area contributed by atoms with Gasteiger partial charge in [0, 0.05) is 11.3 Å². The summed E-state index contributed by atoms with van der Waals surface area (Å²) < 4.78 is 0. The molecule has 2 aromatic rings. The lowest BCUT2D eigenvalue weighted by Crippen LogP contribution is -2.02. The molecule has 17 heavy (non-hydrogen) atoms. The molecule has 0 aliphatic rings. The van der Waals surface area contributed by atoms with E-state index in [0.717, 1.165) is 10.7 Å². The van der Waals surface area contributed by atoms with Crippen molar-refractivity contribution in [2.75, 3.05) is 0 Å². The predicted molar refractivity (Wildman–Crippen MR) is 70.8 cm³/mol. The first-order valence-corrected chi connectivity index (χ1v) is 7.05. The molecule has 5 heteroatoms. The van der Waals surface area contributed by atoms with Crippen LogP contribution >= 0.6 is 22.7 Å². The fourth-order valence-electron chi connectivity index (χ4n) is 1.58. The molecule has 0 saturated heterocycles. The van der Waals surface area contributed by atoms with E-state index < -0.39 is 5.97 Å². The highest BCUT2D eigenvalue weighted by Gasteiger charge is 2.15. The molecular weight excluding hydrogens is 254 g/mol. The van der Waals surface area contributed by atoms with Crippen molar-refractivity contribution >= 4 is 28.6 Å². The molecule has 0 spiro atoms. The van der Waals surface area contributed by atoms with Gasteiger partial charge in [-0.15, -0.1) is 22.7 Å². The summed E-state index contributed by atoms with van der Waals surface area (Å²) in [6, 6.07) is 2.07. The largest absolute Gasteiger partial charge is 0.481 e. The summed E-state index contributed by atoms with van der Waals surface area (Å²) in [5.74, 6) is -0.808. The number of hydrogen-bond acceptors (Lipinski definition) is 4. The van der Waals surface area contributed by atoms with E-state index >= 15 is 0 Å². The minimum Gasteiger partial charge on any atom is -0.481 e. The number of nitrogens with zero attached hydrogens (tertiary/aromatic N) is 1. The number of carbonyl (C=O) groups is 1. The number of aliphatic carboxylic acids is 1. The smallest absolute Gasteiger partial charge is 0.304 e. The normalized spacial score (nSPS) is 12.6. The second-order valence-electron chi connectivity index (χ2n) is 4.01. The summed E-state index contributed by atoms with van der Waals surface area (Å²) in [6.07, 6.45) is 0.132. The number of thiophene rings is 1. The van der Waals surface area contributed by atoms with Gasteiger partial charge in [-0.2, -0.15) is 0 Å². The maximum atomic E-state index is 10.7. The van der Waals surface area contributed by atoms with Crippen molar-refractivity contribution in [3.05, 3.63) is 28.1 Å². The number of carboxylic acid groups (broad SMARTS) is 1. The van der Waals surface area contributed by atoms with Gasteiger partial charge in [-0.3, -0.25) is 4.79 Å². The zero-order chi connectivity index (χ0) is 12.4. The molecule has 0 amide bonds. The fraction of sp³-hybridized carbons (Fsp3) is 0.333. The van der Waals surface area contributed by atoms with Gasteiger partial charge in [-0.05, 0) is 23.9 Å². The standard InChI is InChI=1S/C12H13NO2S2/c1-7-3-4-16-11(7)12-13-9(6-17-12)8(2)5-10(14)15/h3-4,6,8H,5H2,1-2H3,(H,14,15). The van der Waals surface area contributed by atoms with E-state index in [4.69, 9.17) is 5.11 Å². The zero-order valence-corrected chi connectivity index (χ0v) is 11.3. The topological polar surface area (TPSA) is 50.2 Å². The number of rotatable bonds is 4. The van der Waals surface area contributed by atoms with Crippen LogP contribution in [0.25, 0.3) is 9.88 Å². The Balaban J connectivity index is 2.22. The molecule has 1 unspecified atom stereocenters. The Labute approximate surface area is 108 Å². The molecule has 3 nitrogen and oxygen atoms in total. The Bertz CT molecular complexity index is 530. The first-order valence-electron chi connectivity index (χ1n) is 5.29. The van der Waals surface area contributed by atoms with Crippen molar-refractivity contribution < 1.29 is 9.90 Å². The molecule has 2 heterocycles. The maximum Gasteiger partial charge on any atom is 0.304 e. The van der Waals surface area contributed by atoms with Crippen LogP contribution in [-0.2, 0) is 4.79 Å². The van der Waals surface area contributed by atoms with Crippen molar-refractivity contribution in [2.45, 2.75) is 26.2 Å². The highest BCUT2D eigenvalue weighted by atomic mass is 32.1. The van der Waals surface area contributed by atoms with Gasteiger partial charge >= 0.3 is 5.97 Å². The summed E-state index contributed by atoms with van der Waals surface area (Å²) in [5, 5.41) is 13.8. The van der Waals surface area contributed by atoms with Crippen LogP contribution < -0.4 is 0 Å². The van der Waals surface area contributed by atoms with Crippen LogP contribution in [0, 0.1) is 6.92 Å². The fourth-order valence-corrected chi connectivity index (χ4v) is 3.62. The van der Waals surface area contributed by atoms with Crippen LogP contribution in [0.1, 0.15) is 30.5 Å². The average Bonchev–Trinajstić information content (AvgIpc) is 2.84. The molecule has 2 rings (SSSR count). The molecular formula is C12H13NO2S2. The number of hydrogen-bond donors (Lipinski definition) is 1. The molecule has 0 bridgehead atoms. The molecule has 0 saturated carbocycles. The van der Waals surface area contributed by atoms with Gasteiger partial charge in [0.05, 0.1) is 17.0 Å². The van der Waals surface area contributed by atoms with E-state index in [-0.39, 0.29) is 12.3 Å². The van der Waals surface area contributed by atoms with Crippen molar-refractivity contribution in [3.63, 3.8) is 0 Å². The second kappa shape index (κ2) is 4.98. The van der Waals surface area contributed by atoms with E-state index in [1.54, 1.807) is 22.7 Å². The van der Waals surface area contributed by atoms with Crippen LogP contribution in [0.15, 0.2) is 16.8 Å². The van der Waals surface area contributed by atoms with E-state index in [0.29, 0.717) is 0 Å². The van der Waals surface area contributed by atoms with E-state index in [1.165, 1.54) is 10.4 Å². The molecule has 0 radical (unpaired) electrons. The molecule has 0 aliphatic carbocycles. The van der Waals surface area contributed by atoms with Gasteiger partial charge in [-0.25, -0.2) is 4.98 Å². The van der Waals surface area contributed by atoms with Gasteiger partial charge in [-0.1, -0.05) is 6.92 Å². The molecule has 0 fully saturated rings. The lowest BCUT2D eigenvalue weighted by atomic mass is 10.1. The average molecular weight is 267 g/mol. The van der Waals surface area contributed by atoms with Gasteiger partial charge < -0.3 is 5.11 Å². The third-order valence-electron chi connectivity index (χ3n) is 2.56. The van der Waals surface area contributed by atoms with Crippen molar-refractivity contribution in [3.8, 4) is 9.88 Å². The van der Waals surface area contributed by atoms with Crippen LogP contribution in [-0.4, -0.2) is 16.1 Å².